The van der Waals surface area contributed by atoms with Gasteiger partial charge in [0.2, 0.25) is 10.0 Å². The van der Waals surface area contributed by atoms with Crippen molar-refractivity contribution in [2.45, 2.75) is 37.2 Å². The summed E-state index contributed by atoms with van der Waals surface area (Å²) < 4.78 is 38.2. The van der Waals surface area contributed by atoms with Gasteiger partial charge in [0.1, 0.15) is 5.75 Å². The number of sulfonamides is 1. The van der Waals surface area contributed by atoms with E-state index in [2.05, 4.69) is 4.72 Å². The van der Waals surface area contributed by atoms with Crippen LogP contribution in [0.3, 0.4) is 0 Å². The van der Waals surface area contributed by atoms with Gasteiger partial charge >= 0.3 is 0 Å². The monoisotopic (exact) mass is 314 g/mol. The van der Waals surface area contributed by atoms with Crippen LogP contribution in [0.1, 0.15) is 25.3 Å². The Kier molecular flexibility index (Phi) is 5.58. The molecule has 0 aliphatic carbocycles. The third-order valence-corrected chi connectivity index (χ3v) is 4.86. The molecular formula is C14H22N2O4S. The van der Waals surface area contributed by atoms with Crippen LogP contribution in [0.2, 0.25) is 0 Å². The summed E-state index contributed by atoms with van der Waals surface area (Å²) in [6.07, 6.45) is 1.66. The van der Waals surface area contributed by atoms with Crippen LogP contribution in [0.5, 0.6) is 5.75 Å². The molecule has 0 spiro atoms. The van der Waals surface area contributed by atoms with Gasteiger partial charge in [0, 0.05) is 24.8 Å². The van der Waals surface area contributed by atoms with Crippen molar-refractivity contribution >= 4 is 10.0 Å². The quantitative estimate of drug-likeness (QED) is 0.817. The SMILES string of the molecule is CCOc1ccc(S(=O)(=O)NC2CCCOC2)cc1CN. The maximum absolute atomic E-state index is 12.4. The number of hydrogen-bond acceptors (Lipinski definition) is 5. The first-order chi connectivity index (χ1) is 10.1. The van der Waals surface area contributed by atoms with Crippen LogP contribution in [0.4, 0.5) is 0 Å². The third-order valence-electron chi connectivity index (χ3n) is 3.34. The van der Waals surface area contributed by atoms with Gasteiger partial charge < -0.3 is 15.2 Å². The summed E-state index contributed by atoms with van der Waals surface area (Å²) in [6, 6.07) is 4.58. The Bertz CT molecular complexity index is 568. The fraction of sp³-hybridized carbons (Fsp3) is 0.571. The molecule has 3 N–H and O–H groups in total. The van der Waals surface area contributed by atoms with Crippen LogP contribution in [-0.2, 0) is 21.3 Å². The fourth-order valence-electron chi connectivity index (χ4n) is 2.30. The van der Waals surface area contributed by atoms with Crippen LogP contribution >= 0.6 is 0 Å². The van der Waals surface area contributed by atoms with Crippen molar-refractivity contribution < 1.29 is 17.9 Å². The highest BCUT2D eigenvalue weighted by Gasteiger charge is 2.23. The largest absolute Gasteiger partial charge is 0.494 e. The average molecular weight is 314 g/mol. The molecule has 0 bridgehead atoms. The lowest BCUT2D eigenvalue weighted by Crippen LogP contribution is -2.40. The van der Waals surface area contributed by atoms with Gasteiger partial charge in [-0.2, -0.15) is 0 Å². The molecule has 6 nitrogen and oxygen atoms in total. The molecule has 1 aliphatic heterocycles. The fourth-order valence-corrected chi connectivity index (χ4v) is 3.61. The molecule has 7 heteroatoms. The van der Waals surface area contributed by atoms with E-state index in [1.807, 2.05) is 6.92 Å². The normalized spacial score (nSPS) is 19.4. The molecule has 118 valence electrons. The Balaban J connectivity index is 2.18. The highest BCUT2D eigenvalue weighted by Crippen LogP contribution is 2.23. The number of rotatable bonds is 6. The van der Waals surface area contributed by atoms with E-state index in [1.54, 1.807) is 12.1 Å². The predicted octanol–water partition coefficient (Wildman–Crippen LogP) is 1.00. The Morgan fingerprint density at radius 3 is 2.90 bits per heavy atom. The predicted molar refractivity (Wildman–Crippen MR) is 79.7 cm³/mol. The Morgan fingerprint density at radius 1 is 1.48 bits per heavy atom. The summed E-state index contributed by atoms with van der Waals surface area (Å²) in [5.41, 5.74) is 6.34. The van der Waals surface area contributed by atoms with Gasteiger partial charge in [-0.15, -0.1) is 0 Å². The van der Waals surface area contributed by atoms with Gasteiger partial charge in [-0.05, 0) is 38.0 Å². The van der Waals surface area contributed by atoms with Gasteiger partial charge in [-0.1, -0.05) is 0 Å². The van der Waals surface area contributed by atoms with Crippen molar-refractivity contribution in [3.63, 3.8) is 0 Å². The lowest BCUT2D eigenvalue weighted by molar-refractivity contribution is 0.0774. The second kappa shape index (κ2) is 7.22. The van der Waals surface area contributed by atoms with E-state index in [0.717, 1.165) is 12.8 Å². The lowest BCUT2D eigenvalue weighted by Gasteiger charge is -2.23. The van der Waals surface area contributed by atoms with E-state index < -0.39 is 10.0 Å². The average Bonchev–Trinajstić information content (AvgIpc) is 2.48. The number of hydrogen-bond donors (Lipinski definition) is 2. The van der Waals surface area contributed by atoms with Crippen LogP contribution in [0.25, 0.3) is 0 Å². The first-order valence-corrected chi connectivity index (χ1v) is 8.61. The molecule has 0 aromatic heterocycles. The number of nitrogens with two attached hydrogens (primary N) is 1. The number of ether oxygens (including phenoxy) is 2. The Labute approximate surface area is 125 Å². The Morgan fingerprint density at radius 2 is 2.29 bits per heavy atom. The van der Waals surface area contributed by atoms with Crippen LogP contribution in [0.15, 0.2) is 23.1 Å². The topological polar surface area (TPSA) is 90.7 Å². The summed E-state index contributed by atoms with van der Waals surface area (Å²) in [6.45, 7) is 3.72. The summed E-state index contributed by atoms with van der Waals surface area (Å²) in [4.78, 5) is 0.206. The van der Waals surface area contributed by atoms with E-state index in [4.69, 9.17) is 15.2 Å². The van der Waals surface area contributed by atoms with Gasteiger partial charge in [0.25, 0.3) is 0 Å². The minimum atomic E-state index is -3.57. The zero-order chi connectivity index (χ0) is 15.3. The van der Waals surface area contributed by atoms with Crippen molar-refractivity contribution in [1.29, 1.82) is 0 Å². The molecular weight excluding hydrogens is 292 g/mol. The molecule has 1 unspecified atom stereocenters. The maximum atomic E-state index is 12.4. The molecule has 21 heavy (non-hydrogen) atoms. The highest BCUT2D eigenvalue weighted by molar-refractivity contribution is 7.89. The van der Waals surface area contributed by atoms with Crippen molar-refractivity contribution in [1.82, 2.24) is 4.72 Å². The molecule has 1 heterocycles. The minimum Gasteiger partial charge on any atom is -0.494 e. The lowest BCUT2D eigenvalue weighted by atomic mass is 10.1. The molecule has 0 radical (unpaired) electrons. The van der Waals surface area contributed by atoms with E-state index >= 15 is 0 Å². The number of nitrogens with one attached hydrogen (secondary N) is 1. The minimum absolute atomic E-state index is 0.170. The van der Waals surface area contributed by atoms with Crippen molar-refractivity contribution in [3.8, 4) is 5.75 Å². The third kappa shape index (κ3) is 4.16. The second-order valence-corrected chi connectivity index (χ2v) is 6.66. The van der Waals surface area contributed by atoms with Crippen LogP contribution in [-0.4, -0.2) is 34.3 Å². The molecule has 1 aromatic rings. The molecule has 1 atom stereocenters. The molecule has 1 saturated heterocycles. The smallest absolute Gasteiger partial charge is 0.240 e. The molecule has 0 amide bonds. The maximum Gasteiger partial charge on any atom is 0.240 e. The van der Waals surface area contributed by atoms with Gasteiger partial charge in [-0.25, -0.2) is 13.1 Å². The molecule has 1 aliphatic rings. The molecule has 0 saturated carbocycles. The zero-order valence-corrected chi connectivity index (χ0v) is 13.0. The van der Waals surface area contributed by atoms with Crippen LogP contribution < -0.4 is 15.2 Å². The highest BCUT2D eigenvalue weighted by atomic mass is 32.2. The van der Waals surface area contributed by atoms with Crippen LogP contribution in [0, 0.1) is 0 Å². The van der Waals surface area contributed by atoms with Crippen molar-refractivity contribution in [2.24, 2.45) is 5.73 Å². The second-order valence-electron chi connectivity index (χ2n) is 4.94. The van der Waals surface area contributed by atoms with Gasteiger partial charge in [0.15, 0.2) is 0 Å². The molecule has 1 fully saturated rings. The summed E-state index contributed by atoms with van der Waals surface area (Å²) in [5, 5.41) is 0. The molecule has 2 rings (SSSR count). The summed E-state index contributed by atoms with van der Waals surface area (Å²) in [5.74, 6) is 0.625. The van der Waals surface area contributed by atoms with E-state index in [9.17, 15) is 8.42 Å². The van der Waals surface area contributed by atoms with E-state index in [1.165, 1.54) is 6.07 Å². The summed E-state index contributed by atoms with van der Waals surface area (Å²) in [7, 11) is -3.57. The zero-order valence-electron chi connectivity index (χ0n) is 12.2. The first-order valence-electron chi connectivity index (χ1n) is 7.12. The van der Waals surface area contributed by atoms with Crippen molar-refractivity contribution in [3.05, 3.63) is 23.8 Å². The van der Waals surface area contributed by atoms with E-state index in [0.29, 0.717) is 31.1 Å². The Hall–Kier alpha value is -1.15. The van der Waals surface area contributed by atoms with Gasteiger partial charge in [-0.3, -0.25) is 0 Å². The van der Waals surface area contributed by atoms with Gasteiger partial charge in [0.05, 0.1) is 18.1 Å². The number of benzene rings is 1. The molecule has 1 aromatic carbocycles. The van der Waals surface area contributed by atoms with Crippen molar-refractivity contribution in [2.75, 3.05) is 19.8 Å². The first kappa shape index (κ1) is 16.2. The standard InChI is InChI=1S/C14H22N2O4S/c1-2-20-14-6-5-13(8-11(14)9-15)21(17,18)16-12-4-3-7-19-10-12/h5-6,8,12,16H,2-4,7,9-10,15H2,1H3. The summed E-state index contributed by atoms with van der Waals surface area (Å²) >= 11 is 0. The van der Waals surface area contributed by atoms with E-state index in [-0.39, 0.29) is 17.5 Å².